The summed E-state index contributed by atoms with van der Waals surface area (Å²) in [5.74, 6) is -0.0681. The summed E-state index contributed by atoms with van der Waals surface area (Å²) in [6.45, 7) is 6.45. The van der Waals surface area contributed by atoms with E-state index in [-0.39, 0.29) is 28.8 Å². The lowest BCUT2D eigenvalue weighted by molar-refractivity contribution is -0.139. The van der Waals surface area contributed by atoms with Crippen molar-refractivity contribution in [1.82, 2.24) is 20.2 Å². The van der Waals surface area contributed by atoms with Crippen molar-refractivity contribution < 1.29 is 27.4 Å². The zero-order valence-corrected chi connectivity index (χ0v) is 25.8. The molecule has 1 aromatic carbocycles. The average molecular weight is 632 g/mol. The van der Waals surface area contributed by atoms with Crippen LogP contribution < -0.4 is 19.7 Å². The maximum atomic E-state index is 13.8. The number of aromatic nitrogens is 2. The number of nitrogens with one attached hydrogen (secondary N) is 1. The van der Waals surface area contributed by atoms with Gasteiger partial charge in [0.2, 0.25) is 5.88 Å². The highest BCUT2D eigenvalue weighted by atomic mass is 35.5. The van der Waals surface area contributed by atoms with Crippen molar-refractivity contribution in [3.8, 4) is 22.9 Å². The highest BCUT2D eigenvalue weighted by Crippen LogP contribution is 2.40. The first kappa shape index (κ1) is 31.8. The van der Waals surface area contributed by atoms with E-state index in [0.717, 1.165) is 25.6 Å². The summed E-state index contributed by atoms with van der Waals surface area (Å²) < 4.78 is 52.8. The van der Waals surface area contributed by atoms with E-state index in [0.29, 0.717) is 60.9 Å². The van der Waals surface area contributed by atoms with Gasteiger partial charge in [-0.3, -0.25) is 4.79 Å². The molecule has 5 rings (SSSR count). The molecule has 3 aromatic rings. The van der Waals surface area contributed by atoms with Crippen LogP contribution in [-0.4, -0.2) is 72.3 Å². The molecule has 0 saturated carbocycles. The van der Waals surface area contributed by atoms with Crippen molar-refractivity contribution in [2.24, 2.45) is 0 Å². The van der Waals surface area contributed by atoms with Crippen LogP contribution in [0.1, 0.15) is 55.6 Å². The third kappa shape index (κ3) is 7.21. The van der Waals surface area contributed by atoms with Crippen molar-refractivity contribution in [3.63, 3.8) is 0 Å². The lowest BCUT2D eigenvalue weighted by Crippen LogP contribution is -2.47. The maximum Gasteiger partial charge on any atom is 0.420 e. The Kier molecular flexibility index (Phi) is 9.84. The molecule has 12 heteroatoms. The van der Waals surface area contributed by atoms with Gasteiger partial charge in [-0.25, -0.2) is 9.97 Å². The van der Waals surface area contributed by atoms with Gasteiger partial charge in [0.15, 0.2) is 5.69 Å². The smallest absolute Gasteiger partial charge is 0.420 e. The quantitative estimate of drug-likeness (QED) is 0.290. The second-order valence-corrected chi connectivity index (χ2v) is 11.7. The van der Waals surface area contributed by atoms with Gasteiger partial charge in [0, 0.05) is 49.2 Å². The Morgan fingerprint density at radius 1 is 1.14 bits per heavy atom. The van der Waals surface area contributed by atoms with E-state index in [4.69, 9.17) is 26.1 Å². The number of rotatable bonds is 9. The van der Waals surface area contributed by atoms with Crippen LogP contribution in [0.5, 0.6) is 11.6 Å². The highest BCUT2D eigenvalue weighted by molar-refractivity contribution is 6.30. The van der Waals surface area contributed by atoms with E-state index in [1.807, 2.05) is 39.1 Å². The number of hydrogen-bond donors (Lipinski definition) is 1. The van der Waals surface area contributed by atoms with E-state index >= 15 is 0 Å². The van der Waals surface area contributed by atoms with Crippen molar-refractivity contribution in [2.45, 2.75) is 63.9 Å². The van der Waals surface area contributed by atoms with Crippen LogP contribution in [0.2, 0.25) is 5.02 Å². The van der Waals surface area contributed by atoms with Crippen LogP contribution in [0.15, 0.2) is 48.7 Å². The number of anilines is 1. The van der Waals surface area contributed by atoms with Crippen LogP contribution in [0.4, 0.5) is 18.9 Å². The Hall–Kier alpha value is -3.57. The molecule has 1 N–H and O–H groups in total. The van der Waals surface area contributed by atoms with E-state index in [1.165, 1.54) is 12.1 Å². The molecular weight excluding hydrogens is 595 g/mol. The normalized spacial score (nSPS) is 20.9. The molecule has 0 bridgehead atoms. The van der Waals surface area contributed by atoms with E-state index in [1.54, 1.807) is 12.3 Å². The Bertz CT molecular complexity index is 1470. The average Bonchev–Trinajstić information content (AvgIpc) is 3.41. The Balaban J connectivity index is 1.44. The molecule has 2 aliphatic rings. The number of alkyl halides is 3. The number of likely N-dealkylation sites (N-methyl/N-ethyl adjacent to an activating group) is 1. The minimum atomic E-state index is -4.59. The molecule has 2 fully saturated rings. The minimum Gasteiger partial charge on any atom is -0.490 e. The van der Waals surface area contributed by atoms with E-state index in [9.17, 15) is 18.0 Å². The van der Waals surface area contributed by atoms with Crippen LogP contribution >= 0.6 is 11.6 Å². The van der Waals surface area contributed by atoms with Gasteiger partial charge in [-0.15, -0.1) is 0 Å². The molecule has 8 nitrogen and oxygen atoms in total. The predicted octanol–water partition coefficient (Wildman–Crippen LogP) is 6.47. The van der Waals surface area contributed by atoms with E-state index in [2.05, 4.69) is 20.1 Å². The third-order valence-corrected chi connectivity index (χ3v) is 8.37. The third-order valence-electron chi connectivity index (χ3n) is 8.13. The summed E-state index contributed by atoms with van der Waals surface area (Å²) >= 11 is 5.86. The van der Waals surface area contributed by atoms with Gasteiger partial charge in [-0.05, 0) is 75.8 Å². The molecule has 2 saturated heterocycles. The molecule has 0 aliphatic carbocycles. The summed E-state index contributed by atoms with van der Waals surface area (Å²) in [5.41, 5.74) is 1.31. The van der Waals surface area contributed by atoms with Crippen molar-refractivity contribution >= 4 is 23.2 Å². The fourth-order valence-electron chi connectivity index (χ4n) is 5.98. The fourth-order valence-corrected chi connectivity index (χ4v) is 6.15. The monoisotopic (exact) mass is 631 g/mol. The van der Waals surface area contributed by atoms with Crippen molar-refractivity contribution in [1.29, 1.82) is 0 Å². The summed E-state index contributed by atoms with van der Waals surface area (Å²) in [6, 6.07) is 10.9. The summed E-state index contributed by atoms with van der Waals surface area (Å²) in [5, 5.41) is 3.16. The number of piperidine rings is 1. The number of nitrogens with zero attached hydrogens (tertiary/aromatic N) is 4. The minimum absolute atomic E-state index is 0.00316. The first-order valence-electron chi connectivity index (χ1n) is 15.0. The Labute approximate surface area is 260 Å². The Morgan fingerprint density at radius 2 is 1.95 bits per heavy atom. The zero-order valence-electron chi connectivity index (χ0n) is 25.0. The number of pyridine rings is 2. The topological polar surface area (TPSA) is 79.8 Å². The first-order chi connectivity index (χ1) is 21.1. The molecule has 236 valence electrons. The van der Waals surface area contributed by atoms with Gasteiger partial charge in [0.25, 0.3) is 5.91 Å². The van der Waals surface area contributed by atoms with Gasteiger partial charge >= 0.3 is 6.18 Å². The standard InChI is InChI=1S/C32H37ClF3N5O3/c1-4-22-18-23(44-28-11-8-20(33)17-25(28)32(34,35)36)13-16-41(22)27-10-9-26(24-7-6-14-37-31(24)43-5-2)39-29(27)30(42)38-21-12-15-40(3)19-21/h6-11,14,17,21-23H,4-5,12-13,15-16,18-19H2,1-3H3,(H,38,42)/t21-,22+,23+/m1/s1. The highest BCUT2D eigenvalue weighted by Gasteiger charge is 2.37. The van der Waals surface area contributed by atoms with Gasteiger partial charge < -0.3 is 24.6 Å². The predicted molar refractivity (Wildman–Crippen MR) is 164 cm³/mol. The molecule has 0 radical (unpaired) electrons. The number of carbonyl (C=O) groups excluding carboxylic acids is 1. The first-order valence-corrected chi connectivity index (χ1v) is 15.3. The van der Waals surface area contributed by atoms with E-state index < -0.39 is 17.8 Å². The lowest BCUT2D eigenvalue weighted by Gasteiger charge is -2.41. The number of likely N-dealkylation sites (tertiary alicyclic amines) is 1. The van der Waals surface area contributed by atoms with Crippen LogP contribution in [0, 0.1) is 0 Å². The van der Waals surface area contributed by atoms with Crippen LogP contribution in [0.3, 0.4) is 0 Å². The largest absolute Gasteiger partial charge is 0.490 e. The number of ether oxygens (including phenoxy) is 2. The maximum absolute atomic E-state index is 13.8. The zero-order chi connectivity index (χ0) is 31.4. The number of benzene rings is 1. The van der Waals surface area contributed by atoms with Crippen molar-refractivity contribution in [2.75, 3.05) is 38.2 Å². The molecule has 0 unspecified atom stereocenters. The fraction of sp³-hybridized carbons (Fsp3) is 0.469. The number of carbonyl (C=O) groups is 1. The molecule has 4 heterocycles. The summed E-state index contributed by atoms with van der Waals surface area (Å²) in [7, 11) is 2.02. The molecule has 2 aliphatic heterocycles. The second kappa shape index (κ2) is 13.6. The molecule has 2 aromatic heterocycles. The van der Waals surface area contributed by atoms with Gasteiger partial charge in [-0.1, -0.05) is 18.5 Å². The molecule has 1 amide bonds. The molecule has 3 atom stereocenters. The van der Waals surface area contributed by atoms with Gasteiger partial charge in [0.1, 0.15) is 11.9 Å². The van der Waals surface area contributed by atoms with Gasteiger partial charge in [-0.2, -0.15) is 13.2 Å². The summed E-state index contributed by atoms with van der Waals surface area (Å²) in [4.78, 5) is 27.3. The molecule has 0 spiro atoms. The molecule has 44 heavy (non-hydrogen) atoms. The molecular formula is C32H37ClF3N5O3. The SMILES string of the molecule is CCOc1ncccc1-c1ccc(N2CC[C@H](Oc3ccc(Cl)cc3C(F)(F)F)C[C@@H]2CC)c(C(=O)N[C@@H]2CCN(C)C2)n1. The summed E-state index contributed by atoms with van der Waals surface area (Å²) in [6.07, 6.45) is -0.911. The van der Waals surface area contributed by atoms with Crippen LogP contribution in [0.25, 0.3) is 11.3 Å². The van der Waals surface area contributed by atoms with Crippen molar-refractivity contribution in [3.05, 3.63) is 64.9 Å². The lowest BCUT2D eigenvalue weighted by atomic mass is 9.95. The number of halogens is 4. The Morgan fingerprint density at radius 3 is 2.66 bits per heavy atom. The van der Waals surface area contributed by atoms with Gasteiger partial charge in [0.05, 0.1) is 29.1 Å². The number of amides is 1. The van der Waals surface area contributed by atoms with Crippen LogP contribution in [-0.2, 0) is 6.18 Å². The second-order valence-electron chi connectivity index (χ2n) is 11.2. The number of hydrogen-bond acceptors (Lipinski definition) is 7.